The summed E-state index contributed by atoms with van der Waals surface area (Å²) >= 11 is 1.53. The number of benzene rings is 1. The Morgan fingerprint density at radius 2 is 2.00 bits per heavy atom. The van der Waals surface area contributed by atoms with Gasteiger partial charge in [0.15, 0.2) is 0 Å². The summed E-state index contributed by atoms with van der Waals surface area (Å²) in [4.78, 5) is 19.4. The third-order valence-corrected chi connectivity index (χ3v) is 5.64. The Hall–Kier alpha value is -2.18. The molecule has 0 radical (unpaired) electrons. The SMILES string of the molecule is CCn1c(-c2nc(C(=O)N3CC(C)OC(C)C3)cs2)cc2ccccc21. The normalized spacial score (nSPS) is 20.7. The first-order chi connectivity index (χ1) is 12.6. The second kappa shape index (κ2) is 6.85. The van der Waals surface area contributed by atoms with Gasteiger partial charge in [0.25, 0.3) is 5.91 Å². The minimum absolute atomic E-state index is 0.00587. The van der Waals surface area contributed by atoms with Crippen molar-refractivity contribution in [1.29, 1.82) is 0 Å². The average molecular weight is 369 g/mol. The molecule has 6 heteroatoms. The van der Waals surface area contributed by atoms with Gasteiger partial charge in [0.05, 0.1) is 17.9 Å². The lowest BCUT2D eigenvalue weighted by atomic mass is 10.2. The van der Waals surface area contributed by atoms with E-state index >= 15 is 0 Å². The van der Waals surface area contributed by atoms with E-state index in [1.807, 2.05) is 30.2 Å². The Kier molecular flexibility index (Phi) is 4.54. The number of aryl methyl sites for hydroxylation is 1. The summed E-state index contributed by atoms with van der Waals surface area (Å²) in [6.45, 7) is 8.23. The van der Waals surface area contributed by atoms with Crippen LogP contribution in [0.3, 0.4) is 0 Å². The highest BCUT2D eigenvalue weighted by Gasteiger charge is 2.28. The molecule has 0 saturated carbocycles. The molecular weight excluding hydrogens is 346 g/mol. The fourth-order valence-electron chi connectivity index (χ4n) is 3.72. The second-order valence-corrected chi connectivity index (χ2v) is 7.70. The van der Waals surface area contributed by atoms with Gasteiger partial charge in [-0.1, -0.05) is 18.2 Å². The molecule has 2 atom stereocenters. The van der Waals surface area contributed by atoms with Crippen molar-refractivity contribution < 1.29 is 9.53 Å². The highest BCUT2D eigenvalue weighted by atomic mass is 32.1. The second-order valence-electron chi connectivity index (χ2n) is 6.84. The zero-order valence-corrected chi connectivity index (χ0v) is 16.1. The van der Waals surface area contributed by atoms with Crippen LogP contribution < -0.4 is 0 Å². The van der Waals surface area contributed by atoms with Crippen LogP contribution in [0.5, 0.6) is 0 Å². The Morgan fingerprint density at radius 3 is 2.73 bits per heavy atom. The fourth-order valence-corrected chi connectivity index (χ4v) is 4.54. The third-order valence-electron chi connectivity index (χ3n) is 4.78. The molecule has 0 aliphatic carbocycles. The molecule has 0 spiro atoms. The first-order valence-electron chi connectivity index (χ1n) is 9.05. The molecule has 1 saturated heterocycles. The van der Waals surface area contributed by atoms with Crippen LogP contribution in [0.25, 0.3) is 21.6 Å². The smallest absolute Gasteiger partial charge is 0.273 e. The lowest BCUT2D eigenvalue weighted by Gasteiger charge is -2.34. The maximum atomic E-state index is 12.9. The quantitative estimate of drug-likeness (QED) is 0.700. The maximum Gasteiger partial charge on any atom is 0.273 e. The number of thiazole rings is 1. The van der Waals surface area contributed by atoms with Gasteiger partial charge in [-0.15, -0.1) is 11.3 Å². The number of carbonyl (C=O) groups excluding carboxylic acids is 1. The molecule has 0 N–H and O–H groups in total. The molecule has 0 bridgehead atoms. The van der Waals surface area contributed by atoms with Crippen molar-refractivity contribution in [1.82, 2.24) is 14.5 Å². The van der Waals surface area contributed by atoms with Crippen LogP contribution in [0, 0.1) is 0 Å². The largest absolute Gasteiger partial charge is 0.372 e. The molecule has 136 valence electrons. The molecule has 3 aromatic rings. The molecule has 1 aromatic carbocycles. The fraction of sp³-hybridized carbons (Fsp3) is 0.400. The topological polar surface area (TPSA) is 47.4 Å². The summed E-state index contributed by atoms with van der Waals surface area (Å²) in [5.41, 5.74) is 2.80. The number of amides is 1. The highest BCUT2D eigenvalue weighted by Crippen LogP contribution is 2.31. The van der Waals surface area contributed by atoms with Gasteiger partial charge < -0.3 is 14.2 Å². The van der Waals surface area contributed by atoms with Gasteiger partial charge in [-0.2, -0.15) is 0 Å². The number of ether oxygens (including phenoxy) is 1. The van der Waals surface area contributed by atoms with E-state index in [1.54, 1.807) is 0 Å². The molecule has 1 aliphatic heterocycles. The summed E-state index contributed by atoms with van der Waals surface area (Å²) in [5, 5.41) is 3.96. The van der Waals surface area contributed by atoms with Crippen LogP contribution in [0.1, 0.15) is 31.3 Å². The van der Waals surface area contributed by atoms with Crippen LogP contribution in [0.2, 0.25) is 0 Å². The number of carbonyl (C=O) groups is 1. The molecule has 1 amide bonds. The summed E-state index contributed by atoms with van der Waals surface area (Å²) < 4.78 is 7.98. The van der Waals surface area contributed by atoms with Crippen LogP contribution in [-0.4, -0.2) is 45.7 Å². The van der Waals surface area contributed by atoms with Gasteiger partial charge in [0.2, 0.25) is 0 Å². The van der Waals surface area contributed by atoms with Gasteiger partial charge in [-0.3, -0.25) is 4.79 Å². The van der Waals surface area contributed by atoms with E-state index in [1.165, 1.54) is 22.2 Å². The molecule has 3 heterocycles. The number of rotatable bonds is 3. The van der Waals surface area contributed by atoms with Crippen molar-refractivity contribution in [3.8, 4) is 10.7 Å². The number of nitrogens with zero attached hydrogens (tertiary/aromatic N) is 3. The first-order valence-corrected chi connectivity index (χ1v) is 9.93. The summed E-state index contributed by atoms with van der Waals surface area (Å²) in [6.07, 6.45) is 0.117. The zero-order chi connectivity index (χ0) is 18.3. The summed E-state index contributed by atoms with van der Waals surface area (Å²) in [6, 6.07) is 10.5. The van der Waals surface area contributed by atoms with Crippen molar-refractivity contribution in [2.45, 2.75) is 39.5 Å². The lowest BCUT2D eigenvalue weighted by Crippen LogP contribution is -2.48. The molecule has 2 aromatic heterocycles. The number of para-hydroxylation sites is 1. The maximum absolute atomic E-state index is 12.9. The standard InChI is InChI=1S/C20H23N3O2S/c1-4-23-17-8-6-5-7-15(17)9-18(23)19-21-16(12-26-19)20(24)22-10-13(2)25-14(3)11-22/h5-9,12-14H,4,10-11H2,1-3H3. The van der Waals surface area contributed by atoms with Gasteiger partial charge in [-0.05, 0) is 32.9 Å². The van der Waals surface area contributed by atoms with Gasteiger partial charge in [0, 0.05) is 35.9 Å². The van der Waals surface area contributed by atoms with E-state index in [0.29, 0.717) is 18.8 Å². The van der Waals surface area contributed by atoms with E-state index in [-0.39, 0.29) is 18.1 Å². The molecule has 1 aliphatic rings. The van der Waals surface area contributed by atoms with Gasteiger partial charge >= 0.3 is 0 Å². The van der Waals surface area contributed by atoms with Crippen molar-refractivity contribution in [3.05, 3.63) is 41.4 Å². The summed E-state index contributed by atoms with van der Waals surface area (Å²) in [5.74, 6) is -0.00587. The minimum atomic E-state index is -0.00587. The minimum Gasteiger partial charge on any atom is -0.372 e. The highest BCUT2D eigenvalue weighted by molar-refractivity contribution is 7.13. The van der Waals surface area contributed by atoms with Gasteiger partial charge in [0.1, 0.15) is 10.7 Å². The van der Waals surface area contributed by atoms with E-state index < -0.39 is 0 Å². The van der Waals surface area contributed by atoms with E-state index in [2.05, 4.69) is 40.7 Å². The van der Waals surface area contributed by atoms with Crippen molar-refractivity contribution in [3.63, 3.8) is 0 Å². The number of hydrogen-bond donors (Lipinski definition) is 0. The Morgan fingerprint density at radius 1 is 1.27 bits per heavy atom. The predicted molar refractivity (Wildman–Crippen MR) is 105 cm³/mol. The molecule has 2 unspecified atom stereocenters. The Labute approximate surface area is 157 Å². The van der Waals surface area contributed by atoms with Crippen LogP contribution in [-0.2, 0) is 11.3 Å². The van der Waals surface area contributed by atoms with Crippen molar-refractivity contribution in [2.24, 2.45) is 0 Å². The van der Waals surface area contributed by atoms with Crippen molar-refractivity contribution >= 4 is 28.1 Å². The molecular formula is C20H23N3O2S. The summed E-state index contributed by atoms with van der Waals surface area (Å²) in [7, 11) is 0. The van der Waals surface area contributed by atoms with E-state index in [9.17, 15) is 4.79 Å². The Balaban J connectivity index is 1.65. The van der Waals surface area contributed by atoms with Crippen molar-refractivity contribution in [2.75, 3.05) is 13.1 Å². The number of aromatic nitrogens is 2. The predicted octanol–water partition coefficient (Wildman–Crippen LogP) is 4.03. The van der Waals surface area contributed by atoms with Crippen LogP contribution >= 0.6 is 11.3 Å². The molecule has 1 fully saturated rings. The van der Waals surface area contributed by atoms with E-state index in [0.717, 1.165) is 17.2 Å². The zero-order valence-electron chi connectivity index (χ0n) is 15.3. The number of hydrogen-bond acceptors (Lipinski definition) is 4. The third kappa shape index (κ3) is 3.04. The number of morpholine rings is 1. The number of fused-ring (bicyclic) bond motifs is 1. The molecule has 4 rings (SSSR count). The Bertz CT molecular complexity index is 936. The van der Waals surface area contributed by atoms with E-state index in [4.69, 9.17) is 4.74 Å². The van der Waals surface area contributed by atoms with Crippen LogP contribution in [0.4, 0.5) is 0 Å². The molecule has 5 nitrogen and oxygen atoms in total. The van der Waals surface area contributed by atoms with Gasteiger partial charge in [-0.25, -0.2) is 4.98 Å². The van der Waals surface area contributed by atoms with Crippen LogP contribution in [0.15, 0.2) is 35.7 Å². The average Bonchev–Trinajstić information content (AvgIpc) is 3.24. The lowest BCUT2D eigenvalue weighted by molar-refractivity contribution is -0.0587. The monoisotopic (exact) mass is 369 g/mol. The molecule has 26 heavy (non-hydrogen) atoms. The first kappa shape index (κ1) is 17.2.